The molecule has 176 valence electrons. The van der Waals surface area contributed by atoms with Crippen LogP contribution in [0, 0.1) is 5.92 Å². The van der Waals surface area contributed by atoms with Crippen LogP contribution in [0.1, 0.15) is 42.4 Å². The maximum Gasteiger partial charge on any atom is 0.400 e. The number of halogens is 7. The first-order chi connectivity index (χ1) is 15.5. The van der Waals surface area contributed by atoms with Gasteiger partial charge < -0.3 is 5.32 Å². The average Bonchev–Trinajstić information content (AvgIpc) is 3.42. The smallest absolute Gasteiger partial charge is 0.352 e. The molecule has 0 radical (unpaired) electrons. The fourth-order valence-electron chi connectivity index (χ4n) is 3.92. The molecule has 0 spiro atoms. The summed E-state index contributed by atoms with van der Waals surface area (Å²) in [5.74, 6) is 0.499. The first kappa shape index (κ1) is 24.8. The summed E-state index contributed by atoms with van der Waals surface area (Å²) in [6.07, 6.45) is -2.20. The highest BCUT2D eigenvalue weighted by molar-refractivity contribution is 9.10. The zero-order valence-corrected chi connectivity index (χ0v) is 21.1. The fourth-order valence-corrected chi connectivity index (χ4v) is 5.04. The standard InChI is InChI=1S/C23H19BrCl3F3N2O/c24-16-6-13(3-4-14(16)10-31-20(33)5-12-1-2-12)19-9-22(11-32-19,23(28,29)30)15-7-17(25)21(27)18(26)8-15/h3-4,6-8,12H,1-2,5,9-11H2,(H,31,33). The Bertz CT molecular complexity index is 1110. The normalized spacial score (nSPS) is 20.6. The SMILES string of the molecule is O=C(CC1CC1)NCc1ccc(C2=NCC(c3cc(Cl)c(Cl)c(Cl)c3)(C(F)(F)F)C2)cc1Br. The first-order valence-electron chi connectivity index (χ1n) is 10.3. The van der Waals surface area contributed by atoms with E-state index in [0.717, 1.165) is 18.4 Å². The number of hydrogen-bond donors (Lipinski definition) is 1. The lowest BCUT2D eigenvalue weighted by Gasteiger charge is -2.32. The highest BCUT2D eigenvalue weighted by Crippen LogP contribution is 2.49. The number of nitrogens with one attached hydrogen (secondary N) is 1. The zero-order chi connectivity index (χ0) is 24.0. The molecule has 1 aliphatic heterocycles. The van der Waals surface area contributed by atoms with Crippen molar-refractivity contribution >= 4 is 62.4 Å². The van der Waals surface area contributed by atoms with E-state index in [-0.39, 0.29) is 33.0 Å². The van der Waals surface area contributed by atoms with E-state index in [9.17, 15) is 18.0 Å². The van der Waals surface area contributed by atoms with Crippen LogP contribution in [0.2, 0.25) is 15.1 Å². The summed E-state index contributed by atoms with van der Waals surface area (Å²) in [4.78, 5) is 16.2. The van der Waals surface area contributed by atoms with Gasteiger partial charge in [-0.15, -0.1) is 0 Å². The van der Waals surface area contributed by atoms with E-state index in [1.807, 2.05) is 0 Å². The third-order valence-electron chi connectivity index (χ3n) is 6.12. The minimum absolute atomic E-state index is 0.00360. The van der Waals surface area contributed by atoms with Gasteiger partial charge in [-0.05, 0) is 53.6 Å². The van der Waals surface area contributed by atoms with Crippen molar-refractivity contribution in [1.29, 1.82) is 0 Å². The number of aliphatic imine (C=N–C) groups is 1. The van der Waals surface area contributed by atoms with Crippen LogP contribution < -0.4 is 5.32 Å². The van der Waals surface area contributed by atoms with Crippen molar-refractivity contribution in [3.05, 3.63) is 66.6 Å². The van der Waals surface area contributed by atoms with Crippen LogP contribution in [0.3, 0.4) is 0 Å². The van der Waals surface area contributed by atoms with Crippen LogP contribution >= 0.6 is 50.7 Å². The van der Waals surface area contributed by atoms with Gasteiger partial charge in [-0.1, -0.05) is 62.9 Å². The van der Waals surface area contributed by atoms with Gasteiger partial charge in [-0.2, -0.15) is 13.2 Å². The molecule has 3 nitrogen and oxygen atoms in total. The molecule has 1 atom stereocenters. The van der Waals surface area contributed by atoms with Crippen LogP contribution in [0.5, 0.6) is 0 Å². The summed E-state index contributed by atoms with van der Waals surface area (Å²) in [5, 5.41) is 2.83. The molecule has 0 saturated heterocycles. The Morgan fingerprint density at radius 3 is 2.39 bits per heavy atom. The third kappa shape index (κ3) is 5.21. The average molecular weight is 583 g/mol. The number of alkyl halides is 3. The summed E-state index contributed by atoms with van der Waals surface area (Å²) in [6, 6.07) is 7.66. The molecule has 1 aliphatic carbocycles. The zero-order valence-electron chi connectivity index (χ0n) is 17.2. The fraction of sp³-hybridized carbons (Fsp3) is 0.391. The Balaban J connectivity index is 1.54. The van der Waals surface area contributed by atoms with E-state index < -0.39 is 18.1 Å². The number of benzene rings is 2. The monoisotopic (exact) mass is 580 g/mol. The molecular weight excluding hydrogens is 564 g/mol. The van der Waals surface area contributed by atoms with Crippen molar-refractivity contribution in [3.8, 4) is 0 Å². The number of rotatable bonds is 6. The maximum absolute atomic E-state index is 14.3. The van der Waals surface area contributed by atoms with Gasteiger partial charge in [0.15, 0.2) is 0 Å². The van der Waals surface area contributed by atoms with Crippen LogP contribution in [0.4, 0.5) is 13.2 Å². The van der Waals surface area contributed by atoms with Crippen molar-refractivity contribution in [2.75, 3.05) is 6.54 Å². The summed E-state index contributed by atoms with van der Waals surface area (Å²) in [6.45, 7) is -0.135. The van der Waals surface area contributed by atoms with Gasteiger partial charge in [0.2, 0.25) is 5.91 Å². The second-order valence-electron chi connectivity index (χ2n) is 8.50. The number of hydrogen-bond acceptors (Lipinski definition) is 2. The van der Waals surface area contributed by atoms with E-state index in [4.69, 9.17) is 34.8 Å². The summed E-state index contributed by atoms with van der Waals surface area (Å²) >= 11 is 21.5. The molecule has 2 aliphatic rings. The Morgan fingerprint density at radius 1 is 1.15 bits per heavy atom. The van der Waals surface area contributed by atoms with Crippen molar-refractivity contribution in [2.24, 2.45) is 10.9 Å². The van der Waals surface area contributed by atoms with Gasteiger partial charge >= 0.3 is 6.18 Å². The Kier molecular flexibility index (Phi) is 7.08. The molecular formula is C23H19BrCl3F3N2O. The van der Waals surface area contributed by atoms with Crippen LogP contribution in [-0.4, -0.2) is 24.3 Å². The second-order valence-corrected chi connectivity index (χ2v) is 10.6. The third-order valence-corrected chi connectivity index (χ3v) is 8.06. The van der Waals surface area contributed by atoms with Crippen molar-refractivity contribution < 1.29 is 18.0 Å². The predicted molar refractivity (Wildman–Crippen MR) is 129 cm³/mol. The van der Waals surface area contributed by atoms with Gasteiger partial charge in [0.05, 0.1) is 21.6 Å². The molecule has 2 aromatic carbocycles. The lowest BCUT2D eigenvalue weighted by Crippen LogP contribution is -2.43. The summed E-state index contributed by atoms with van der Waals surface area (Å²) in [5.41, 5.74) is -0.573. The van der Waals surface area contributed by atoms with E-state index in [0.29, 0.717) is 34.6 Å². The summed E-state index contributed by atoms with van der Waals surface area (Å²) < 4.78 is 43.7. The van der Waals surface area contributed by atoms with Gasteiger partial charge in [0.1, 0.15) is 5.41 Å². The van der Waals surface area contributed by atoms with E-state index in [1.54, 1.807) is 18.2 Å². The van der Waals surface area contributed by atoms with Crippen LogP contribution in [-0.2, 0) is 16.8 Å². The molecule has 1 fully saturated rings. The van der Waals surface area contributed by atoms with Gasteiger partial charge in [0, 0.05) is 29.6 Å². The molecule has 1 N–H and O–H groups in total. The van der Waals surface area contributed by atoms with E-state index in [2.05, 4.69) is 26.2 Å². The highest BCUT2D eigenvalue weighted by Gasteiger charge is 2.58. The lowest BCUT2D eigenvalue weighted by atomic mass is 9.76. The number of carbonyl (C=O) groups excluding carboxylic acids is 1. The quantitative estimate of drug-likeness (QED) is 0.352. The second kappa shape index (κ2) is 9.40. The molecule has 1 saturated carbocycles. The van der Waals surface area contributed by atoms with Crippen LogP contribution in [0.25, 0.3) is 0 Å². The predicted octanol–water partition coefficient (Wildman–Crippen LogP) is 7.52. The Hall–Kier alpha value is -1.28. The molecule has 2 aromatic rings. The molecule has 0 aromatic heterocycles. The largest absolute Gasteiger partial charge is 0.400 e. The van der Waals surface area contributed by atoms with Gasteiger partial charge in [-0.3, -0.25) is 9.79 Å². The Labute approximate surface area is 212 Å². The number of carbonyl (C=O) groups is 1. The van der Waals surface area contributed by atoms with E-state index in [1.165, 1.54) is 12.1 Å². The number of nitrogens with zero attached hydrogens (tertiary/aromatic N) is 1. The molecule has 1 unspecified atom stereocenters. The van der Waals surface area contributed by atoms with Crippen molar-refractivity contribution in [1.82, 2.24) is 5.32 Å². The minimum Gasteiger partial charge on any atom is -0.352 e. The molecule has 4 rings (SSSR count). The molecule has 0 bridgehead atoms. The minimum atomic E-state index is -4.58. The molecule has 1 amide bonds. The van der Waals surface area contributed by atoms with Gasteiger partial charge in [-0.25, -0.2) is 0 Å². The first-order valence-corrected chi connectivity index (χ1v) is 12.2. The van der Waals surface area contributed by atoms with Gasteiger partial charge in [0.25, 0.3) is 0 Å². The van der Waals surface area contributed by atoms with E-state index >= 15 is 0 Å². The number of amides is 1. The lowest BCUT2D eigenvalue weighted by molar-refractivity contribution is -0.183. The van der Waals surface area contributed by atoms with Crippen molar-refractivity contribution in [2.45, 2.75) is 43.8 Å². The summed E-state index contributed by atoms with van der Waals surface area (Å²) in [7, 11) is 0. The van der Waals surface area contributed by atoms with Crippen LogP contribution in [0.15, 0.2) is 39.8 Å². The Morgan fingerprint density at radius 2 is 1.82 bits per heavy atom. The highest BCUT2D eigenvalue weighted by atomic mass is 79.9. The van der Waals surface area contributed by atoms with Crippen molar-refractivity contribution in [3.63, 3.8) is 0 Å². The molecule has 1 heterocycles. The topological polar surface area (TPSA) is 41.5 Å². The molecule has 33 heavy (non-hydrogen) atoms. The maximum atomic E-state index is 14.3. The molecule has 10 heteroatoms.